The van der Waals surface area contributed by atoms with E-state index in [0.717, 1.165) is 12.1 Å². The third kappa shape index (κ3) is 13.1. The average Bonchev–Trinajstić information content (AvgIpc) is 2.64. The minimum Gasteiger partial charge on any atom is -0.471 e. The second kappa shape index (κ2) is 12.7. The summed E-state index contributed by atoms with van der Waals surface area (Å²) < 4.78 is 23.0. The van der Waals surface area contributed by atoms with Gasteiger partial charge in [0, 0.05) is 0 Å². The monoisotopic (exact) mass is 482 g/mol. The molecule has 172 valence electrons. The largest absolute Gasteiger partial charge is 0.471 e. The van der Waals surface area contributed by atoms with E-state index in [1.807, 2.05) is 13.1 Å². The van der Waals surface area contributed by atoms with E-state index < -0.39 is 37.1 Å². The number of nitriles is 1. The van der Waals surface area contributed by atoms with E-state index in [4.69, 9.17) is 29.5 Å². The summed E-state index contributed by atoms with van der Waals surface area (Å²) >= 11 is 0. The first-order valence-corrected chi connectivity index (χ1v) is 19.1. The molecule has 0 aromatic carbocycles. The topological polar surface area (TPSA) is 99.2 Å². The lowest BCUT2D eigenvalue weighted by Crippen LogP contribution is -2.52. The van der Waals surface area contributed by atoms with Crippen molar-refractivity contribution in [2.45, 2.75) is 64.2 Å². The van der Waals surface area contributed by atoms with Crippen LogP contribution in [0.1, 0.15) is 12.8 Å². The fraction of sp³-hybridized carbons (Fsp3) is 0.600. The molecule has 0 bridgehead atoms. The van der Waals surface area contributed by atoms with Crippen molar-refractivity contribution >= 4 is 37.1 Å². The maximum absolute atomic E-state index is 11.5. The van der Waals surface area contributed by atoms with E-state index in [-0.39, 0.29) is 24.5 Å². The Morgan fingerprint density at radius 3 is 1.71 bits per heavy atom. The minimum atomic E-state index is -2.39. The van der Waals surface area contributed by atoms with Gasteiger partial charge in [0.1, 0.15) is 11.6 Å². The fourth-order valence-electron chi connectivity index (χ4n) is 3.04. The van der Waals surface area contributed by atoms with Gasteiger partial charge < -0.3 is 17.7 Å². The second-order valence-corrected chi connectivity index (χ2v) is 21.2. The van der Waals surface area contributed by atoms with Gasteiger partial charge in [0.2, 0.25) is 0 Å². The van der Waals surface area contributed by atoms with Crippen molar-refractivity contribution < 1.29 is 27.3 Å². The summed E-state index contributed by atoms with van der Waals surface area (Å²) in [5.74, 6) is -1.36. The Morgan fingerprint density at radius 2 is 1.32 bits per heavy atom. The first-order valence-electron chi connectivity index (χ1n) is 10.0. The van der Waals surface area contributed by atoms with Crippen molar-refractivity contribution in [3.8, 4) is 6.07 Å². The van der Waals surface area contributed by atoms with Crippen LogP contribution in [0.3, 0.4) is 0 Å². The molecule has 0 amide bonds. The van der Waals surface area contributed by atoms with Crippen LogP contribution in [0.25, 0.3) is 4.85 Å². The maximum Gasteiger partial charge on any atom is 0.348 e. The molecular formula is C20H34N2O6Si3. The predicted octanol–water partition coefficient (Wildman–Crippen LogP) is 4.51. The summed E-state index contributed by atoms with van der Waals surface area (Å²) in [6.45, 7) is 26.4. The quantitative estimate of drug-likeness (QED) is 0.0896. The van der Waals surface area contributed by atoms with Gasteiger partial charge >= 0.3 is 20.5 Å². The molecule has 0 N–H and O–H groups in total. The maximum atomic E-state index is 11.5. The van der Waals surface area contributed by atoms with Crippen LogP contribution in [0, 0.1) is 17.9 Å². The van der Waals surface area contributed by atoms with E-state index in [1.165, 1.54) is 0 Å². The van der Waals surface area contributed by atoms with Gasteiger partial charge in [-0.3, -0.25) is 4.79 Å². The highest BCUT2D eigenvalue weighted by Crippen LogP contribution is 2.26. The Kier molecular flexibility index (Phi) is 11.9. The third-order valence-corrected chi connectivity index (χ3v) is 15.6. The molecule has 31 heavy (non-hydrogen) atoms. The van der Waals surface area contributed by atoms with Gasteiger partial charge in [-0.1, -0.05) is 13.2 Å². The second-order valence-electron chi connectivity index (χ2n) is 8.75. The molecule has 0 spiro atoms. The third-order valence-electron chi connectivity index (χ3n) is 4.11. The van der Waals surface area contributed by atoms with E-state index >= 15 is 0 Å². The normalized spacial score (nSPS) is 11.7. The number of esters is 2. The van der Waals surface area contributed by atoms with Crippen molar-refractivity contribution in [1.82, 2.24) is 0 Å². The Hall–Kier alpha value is -2.03. The van der Waals surface area contributed by atoms with Gasteiger partial charge in [-0.2, -0.15) is 5.26 Å². The Labute approximate surface area is 189 Å². The zero-order valence-corrected chi connectivity index (χ0v) is 22.5. The summed E-state index contributed by atoms with van der Waals surface area (Å²) in [6, 6.07) is 3.26. The van der Waals surface area contributed by atoms with Crippen molar-refractivity contribution in [3.05, 3.63) is 35.8 Å². The molecule has 0 saturated carbocycles. The van der Waals surface area contributed by atoms with E-state index in [2.05, 4.69) is 44.2 Å². The van der Waals surface area contributed by atoms with Crippen LogP contribution in [0.5, 0.6) is 0 Å². The minimum absolute atomic E-state index is 0.201. The Balaban J connectivity index is 4.48. The van der Waals surface area contributed by atoms with Crippen molar-refractivity contribution in [1.29, 1.82) is 5.26 Å². The number of hydrogen-bond donors (Lipinski definition) is 0. The zero-order valence-electron chi connectivity index (χ0n) is 19.5. The van der Waals surface area contributed by atoms with Crippen molar-refractivity contribution in [2.75, 3.05) is 13.2 Å². The first-order chi connectivity index (χ1) is 14.1. The number of carbonyl (C=O) groups excluding carboxylic acids is 2. The number of ether oxygens (including phenoxy) is 2. The Morgan fingerprint density at radius 1 is 0.903 bits per heavy atom. The summed E-state index contributed by atoms with van der Waals surface area (Å²) in [6.07, 6.45) is 1.30. The average molecular weight is 483 g/mol. The van der Waals surface area contributed by atoms with E-state index in [1.54, 1.807) is 6.07 Å². The molecule has 0 radical (unpaired) electrons. The molecule has 0 aliphatic rings. The first kappa shape index (κ1) is 29.0. The molecule has 11 heteroatoms. The molecule has 8 nitrogen and oxygen atoms in total. The van der Waals surface area contributed by atoms with Crippen LogP contribution in [0.15, 0.2) is 24.4 Å². The molecule has 0 heterocycles. The smallest absolute Gasteiger partial charge is 0.348 e. The van der Waals surface area contributed by atoms with Gasteiger partial charge in [0.25, 0.3) is 5.70 Å². The Bertz CT molecular complexity index is 704. The predicted molar refractivity (Wildman–Crippen MR) is 126 cm³/mol. The van der Waals surface area contributed by atoms with Crippen molar-refractivity contribution in [2.24, 2.45) is 0 Å². The molecule has 0 rings (SSSR count). The molecule has 0 unspecified atom stereocenters. The lowest BCUT2D eigenvalue weighted by molar-refractivity contribution is -0.139. The van der Waals surface area contributed by atoms with Gasteiger partial charge in [0.15, 0.2) is 16.6 Å². The van der Waals surface area contributed by atoms with E-state index in [9.17, 15) is 9.59 Å². The number of rotatable bonds is 14. The van der Waals surface area contributed by atoms with E-state index in [0.29, 0.717) is 12.8 Å². The van der Waals surface area contributed by atoms with Gasteiger partial charge in [-0.05, 0) is 64.2 Å². The molecule has 0 saturated heterocycles. The van der Waals surface area contributed by atoms with Gasteiger partial charge in [-0.15, -0.1) is 0 Å². The zero-order chi connectivity index (χ0) is 24.3. The highest BCUT2D eigenvalue weighted by molar-refractivity contribution is 6.87. The lowest BCUT2D eigenvalue weighted by atomic mass is 10.3. The standard InChI is InChI=1S/C20H34N2O6Si3/c1-17(16-21)19(23)25-12-10-14-29(4,5)27-31(8,9)28-30(6,7)15-11-13-26-20(24)18(2)22-3/h1-2,10-15H2,4-9H3. The highest BCUT2D eigenvalue weighted by atomic mass is 28.5. The molecule has 0 aliphatic heterocycles. The molecule has 0 aromatic heterocycles. The summed E-state index contributed by atoms with van der Waals surface area (Å²) in [7, 11) is -6.47. The van der Waals surface area contributed by atoms with Crippen LogP contribution in [0.2, 0.25) is 51.4 Å². The van der Waals surface area contributed by atoms with Gasteiger partial charge in [-0.25, -0.2) is 9.64 Å². The van der Waals surface area contributed by atoms with Gasteiger partial charge in [0.05, 0.1) is 19.8 Å². The number of nitrogens with zero attached hydrogens (tertiary/aromatic N) is 2. The molecule has 0 aromatic rings. The number of carbonyl (C=O) groups is 2. The molecule has 0 atom stereocenters. The highest BCUT2D eigenvalue weighted by Gasteiger charge is 2.39. The summed E-state index contributed by atoms with van der Waals surface area (Å²) in [4.78, 5) is 25.9. The SMILES string of the molecule is [C-]#[N+]C(=C)C(=O)OCCC[Si](C)(C)O[Si](C)(C)O[Si](C)(C)CCCOC(=O)C(=C)C#N. The van der Waals surface area contributed by atoms with Crippen LogP contribution >= 0.6 is 0 Å². The lowest BCUT2D eigenvalue weighted by Gasteiger charge is -2.38. The fourth-order valence-corrected chi connectivity index (χ4v) is 17.0. The molecule has 0 aliphatic carbocycles. The van der Waals surface area contributed by atoms with Crippen LogP contribution in [0.4, 0.5) is 0 Å². The van der Waals surface area contributed by atoms with Crippen molar-refractivity contribution in [3.63, 3.8) is 0 Å². The molecular weight excluding hydrogens is 448 g/mol. The van der Waals surface area contributed by atoms with Crippen LogP contribution < -0.4 is 0 Å². The van der Waals surface area contributed by atoms with Crippen LogP contribution in [-0.4, -0.2) is 50.3 Å². The van der Waals surface area contributed by atoms with Crippen LogP contribution in [-0.2, 0) is 27.3 Å². The summed E-state index contributed by atoms with van der Waals surface area (Å²) in [5.41, 5.74) is -0.417. The molecule has 0 fully saturated rings. The number of hydrogen-bond acceptors (Lipinski definition) is 7. The summed E-state index contributed by atoms with van der Waals surface area (Å²) in [5, 5.41) is 8.63.